The zero-order chi connectivity index (χ0) is 19.0. The fraction of sp³-hybridized carbons (Fsp3) is 0.316. The fourth-order valence-corrected chi connectivity index (χ4v) is 3.12. The standard InChI is InChI=1S/C19H19N5O3/c1-2-17-23-13-7-11(3-6-16(13)24(17)12-4-5-12)8-22-18(25)14-9-21-15(10-20-14)19(26)27/h3,6-7,9-10,12H,2,4-5,8H2,1H3,(H,22,25)(H,26,27). The van der Waals surface area contributed by atoms with Crippen LogP contribution in [0.3, 0.4) is 0 Å². The summed E-state index contributed by atoms with van der Waals surface area (Å²) in [5, 5.41) is 11.6. The SMILES string of the molecule is CCc1nc2cc(CNC(=O)c3cnc(C(=O)O)cn3)ccc2n1C1CC1. The first-order chi connectivity index (χ1) is 13.1. The van der Waals surface area contributed by atoms with E-state index in [9.17, 15) is 9.59 Å². The van der Waals surface area contributed by atoms with Crippen molar-refractivity contribution in [2.45, 2.75) is 38.8 Å². The maximum absolute atomic E-state index is 12.2. The summed E-state index contributed by atoms with van der Waals surface area (Å²) in [6.45, 7) is 2.44. The predicted molar refractivity (Wildman–Crippen MR) is 97.5 cm³/mol. The Labute approximate surface area is 155 Å². The number of carbonyl (C=O) groups excluding carboxylic acids is 1. The van der Waals surface area contributed by atoms with Crippen molar-refractivity contribution in [2.24, 2.45) is 0 Å². The number of benzene rings is 1. The maximum Gasteiger partial charge on any atom is 0.356 e. The van der Waals surface area contributed by atoms with E-state index in [0.717, 1.165) is 41.2 Å². The summed E-state index contributed by atoms with van der Waals surface area (Å²) >= 11 is 0. The Morgan fingerprint density at radius 3 is 2.59 bits per heavy atom. The van der Waals surface area contributed by atoms with Crippen molar-refractivity contribution in [3.05, 3.63) is 53.4 Å². The molecule has 4 rings (SSSR count). The molecule has 0 saturated heterocycles. The molecular formula is C19H19N5O3. The minimum absolute atomic E-state index is 0.0763. The molecular weight excluding hydrogens is 346 g/mol. The summed E-state index contributed by atoms with van der Waals surface area (Å²) in [5.41, 5.74) is 2.90. The molecule has 8 nitrogen and oxygen atoms in total. The van der Waals surface area contributed by atoms with E-state index >= 15 is 0 Å². The van der Waals surface area contributed by atoms with Gasteiger partial charge in [0, 0.05) is 19.0 Å². The molecule has 0 radical (unpaired) electrons. The minimum atomic E-state index is -1.18. The number of carbonyl (C=O) groups is 2. The normalized spacial score (nSPS) is 13.7. The second-order valence-electron chi connectivity index (χ2n) is 6.58. The monoisotopic (exact) mass is 365 g/mol. The smallest absolute Gasteiger partial charge is 0.356 e. The van der Waals surface area contributed by atoms with Gasteiger partial charge in [-0.05, 0) is 30.5 Å². The highest BCUT2D eigenvalue weighted by atomic mass is 16.4. The molecule has 27 heavy (non-hydrogen) atoms. The quantitative estimate of drug-likeness (QED) is 0.694. The van der Waals surface area contributed by atoms with Crippen LogP contribution >= 0.6 is 0 Å². The van der Waals surface area contributed by atoms with Crippen molar-refractivity contribution in [2.75, 3.05) is 0 Å². The number of carboxylic acid groups (broad SMARTS) is 1. The third-order valence-electron chi connectivity index (χ3n) is 4.61. The molecule has 8 heteroatoms. The van der Waals surface area contributed by atoms with Crippen LogP contribution in [0.2, 0.25) is 0 Å². The molecule has 0 spiro atoms. The zero-order valence-electron chi connectivity index (χ0n) is 14.8. The van der Waals surface area contributed by atoms with Gasteiger partial charge in [0.15, 0.2) is 5.69 Å². The molecule has 138 valence electrons. The molecule has 0 aliphatic heterocycles. The van der Waals surface area contributed by atoms with Crippen LogP contribution in [0, 0.1) is 0 Å². The molecule has 1 aliphatic carbocycles. The van der Waals surface area contributed by atoms with Crippen LogP contribution in [0.4, 0.5) is 0 Å². The zero-order valence-corrected chi connectivity index (χ0v) is 14.8. The summed E-state index contributed by atoms with van der Waals surface area (Å²) in [6, 6.07) is 6.61. The lowest BCUT2D eigenvalue weighted by molar-refractivity contribution is 0.0689. The molecule has 2 N–H and O–H groups in total. The van der Waals surface area contributed by atoms with E-state index in [1.165, 1.54) is 12.8 Å². The summed E-state index contributed by atoms with van der Waals surface area (Å²) in [5.74, 6) is -0.486. The number of nitrogens with one attached hydrogen (secondary N) is 1. The first-order valence-corrected chi connectivity index (χ1v) is 8.90. The van der Waals surface area contributed by atoms with Crippen LogP contribution in [-0.4, -0.2) is 36.5 Å². The second kappa shape index (κ2) is 6.79. The van der Waals surface area contributed by atoms with Crippen LogP contribution in [0.5, 0.6) is 0 Å². The third kappa shape index (κ3) is 3.38. The van der Waals surface area contributed by atoms with Gasteiger partial charge in [-0.1, -0.05) is 13.0 Å². The number of hydrogen-bond acceptors (Lipinski definition) is 5. The Morgan fingerprint density at radius 1 is 1.22 bits per heavy atom. The molecule has 0 unspecified atom stereocenters. The Hall–Kier alpha value is -3.29. The molecule has 1 amide bonds. The number of aromatic nitrogens is 4. The second-order valence-corrected chi connectivity index (χ2v) is 6.58. The van der Waals surface area contributed by atoms with Crippen molar-refractivity contribution in [1.29, 1.82) is 0 Å². The molecule has 1 aromatic carbocycles. The van der Waals surface area contributed by atoms with Gasteiger partial charge in [-0.2, -0.15) is 0 Å². The van der Waals surface area contributed by atoms with Crippen LogP contribution in [0.1, 0.15) is 58.2 Å². The van der Waals surface area contributed by atoms with Crippen molar-refractivity contribution >= 4 is 22.9 Å². The summed E-state index contributed by atoms with van der Waals surface area (Å²) in [6.07, 6.45) is 5.53. The average molecular weight is 365 g/mol. The van der Waals surface area contributed by atoms with Crippen LogP contribution in [-0.2, 0) is 13.0 Å². The number of amides is 1. The summed E-state index contributed by atoms with van der Waals surface area (Å²) < 4.78 is 2.33. The van der Waals surface area contributed by atoms with Crippen molar-refractivity contribution in [3.63, 3.8) is 0 Å². The number of rotatable bonds is 6. The highest BCUT2D eigenvalue weighted by Gasteiger charge is 2.27. The van der Waals surface area contributed by atoms with Crippen molar-refractivity contribution in [3.8, 4) is 0 Å². The topological polar surface area (TPSA) is 110 Å². The van der Waals surface area contributed by atoms with Gasteiger partial charge in [0.05, 0.1) is 23.4 Å². The summed E-state index contributed by atoms with van der Waals surface area (Å²) in [4.78, 5) is 35.3. The van der Waals surface area contributed by atoms with Gasteiger partial charge in [-0.25, -0.2) is 19.7 Å². The number of fused-ring (bicyclic) bond motifs is 1. The molecule has 2 heterocycles. The van der Waals surface area contributed by atoms with E-state index in [1.807, 2.05) is 12.1 Å². The molecule has 0 atom stereocenters. The third-order valence-corrected chi connectivity index (χ3v) is 4.61. The highest BCUT2D eigenvalue weighted by Crippen LogP contribution is 2.38. The molecule has 1 saturated carbocycles. The van der Waals surface area contributed by atoms with E-state index in [1.54, 1.807) is 0 Å². The first-order valence-electron chi connectivity index (χ1n) is 8.90. The van der Waals surface area contributed by atoms with Crippen molar-refractivity contribution in [1.82, 2.24) is 24.8 Å². The van der Waals surface area contributed by atoms with E-state index in [-0.39, 0.29) is 11.4 Å². The van der Waals surface area contributed by atoms with Crippen LogP contribution < -0.4 is 5.32 Å². The lowest BCUT2D eigenvalue weighted by atomic mass is 10.2. The summed E-state index contributed by atoms with van der Waals surface area (Å²) in [7, 11) is 0. The predicted octanol–water partition coefficient (Wildman–Crippen LogP) is 2.35. The number of nitrogens with zero attached hydrogens (tertiary/aromatic N) is 4. The van der Waals surface area contributed by atoms with Gasteiger partial charge in [-0.3, -0.25) is 4.79 Å². The van der Waals surface area contributed by atoms with Crippen molar-refractivity contribution < 1.29 is 14.7 Å². The molecule has 1 fully saturated rings. The molecule has 3 aromatic rings. The van der Waals surface area contributed by atoms with E-state index in [2.05, 4.69) is 32.8 Å². The first kappa shape index (κ1) is 17.1. The highest BCUT2D eigenvalue weighted by molar-refractivity contribution is 5.92. The van der Waals surface area contributed by atoms with Gasteiger partial charge < -0.3 is 15.0 Å². The van der Waals surface area contributed by atoms with Crippen LogP contribution in [0.25, 0.3) is 11.0 Å². The number of hydrogen-bond donors (Lipinski definition) is 2. The van der Waals surface area contributed by atoms with Gasteiger partial charge in [0.1, 0.15) is 11.5 Å². The molecule has 1 aliphatic rings. The number of imidazole rings is 1. The fourth-order valence-electron chi connectivity index (χ4n) is 3.12. The van der Waals surface area contributed by atoms with Gasteiger partial charge >= 0.3 is 5.97 Å². The Balaban J connectivity index is 1.48. The lowest BCUT2D eigenvalue weighted by Gasteiger charge is -2.07. The van der Waals surface area contributed by atoms with E-state index in [4.69, 9.17) is 10.1 Å². The average Bonchev–Trinajstić information content (AvgIpc) is 3.45. The Kier molecular flexibility index (Phi) is 4.31. The molecule has 0 bridgehead atoms. The number of aromatic carboxylic acids is 1. The van der Waals surface area contributed by atoms with Gasteiger partial charge in [-0.15, -0.1) is 0 Å². The Bertz CT molecular complexity index is 1020. The minimum Gasteiger partial charge on any atom is -0.476 e. The maximum atomic E-state index is 12.2. The van der Waals surface area contributed by atoms with E-state index < -0.39 is 11.9 Å². The van der Waals surface area contributed by atoms with E-state index in [0.29, 0.717) is 12.6 Å². The molecule has 2 aromatic heterocycles. The number of carboxylic acids is 1. The largest absolute Gasteiger partial charge is 0.476 e. The van der Waals surface area contributed by atoms with Crippen LogP contribution in [0.15, 0.2) is 30.6 Å². The van der Waals surface area contributed by atoms with Gasteiger partial charge in [0.25, 0.3) is 5.91 Å². The Morgan fingerprint density at radius 2 is 1.96 bits per heavy atom. The lowest BCUT2D eigenvalue weighted by Crippen LogP contribution is -2.24. The van der Waals surface area contributed by atoms with Gasteiger partial charge in [0.2, 0.25) is 0 Å². The number of aryl methyl sites for hydroxylation is 1.